The van der Waals surface area contributed by atoms with Crippen molar-refractivity contribution in [2.45, 2.75) is 164 Å². The van der Waals surface area contributed by atoms with Crippen molar-refractivity contribution in [1.29, 1.82) is 0 Å². The van der Waals surface area contributed by atoms with Crippen molar-refractivity contribution in [3.8, 4) is 5.75 Å². The van der Waals surface area contributed by atoms with Crippen LogP contribution in [-0.4, -0.2) is 237 Å². The predicted octanol–water partition coefficient (Wildman–Crippen LogP) is -5.47. The van der Waals surface area contributed by atoms with E-state index in [1.165, 1.54) is 24.3 Å². The van der Waals surface area contributed by atoms with E-state index in [1.807, 2.05) is 0 Å². The lowest BCUT2D eigenvalue weighted by atomic mass is 10.0. The van der Waals surface area contributed by atoms with Gasteiger partial charge in [0.1, 0.15) is 72.2 Å². The van der Waals surface area contributed by atoms with E-state index < -0.39 is 180 Å². The Bertz CT molecular complexity index is 2990. The molecule has 0 aliphatic carbocycles. The van der Waals surface area contributed by atoms with E-state index in [9.17, 15) is 82.4 Å². The van der Waals surface area contributed by atoms with Gasteiger partial charge in [0.25, 0.3) is 0 Å². The van der Waals surface area contributed by atoms with Gasteiger partial charge < -0.3 is 101 Å². The van der Waals surface area contributed by atoms with Crippen molar-refractivity contribution >= 4 is 132 Å². The molecule has 1 aromatic carbocycles. The first-order chi connectivity index (χ1) is 45.5. The van der Waals surface area contributed by atoms with E-state index in [4.69, 9.17) is 17.2 Å². The quantitative estimate of drug-likeness (QED) is 0.0251. The number of aliphatic imine (C=N–C) groups is 1. The maximum Gasteiger partial charge on any atom is 0.327 e. The molecule has 1 aromatic rings. The number of aliphatic hydroxyl groups excluding tert-OH is 1. The molecule has 0 unspecified atom stereocenters. The van der Waals surface area contributed by atoms with Crippen molar-refractivity contribution in [3.05, 3.63) is 29.8 Å². The molecule has 0 radical (unpaired) electrons. The number of aromatic hydroxyl groups is 1. The molecule has 4 saturated heterocycles. The Morgan fingerprint density at radius 3 is 1.92 bits per heavy atom. The minimum atomic E-state index is -1.72. The third kappa shape index (κ3) is 25.6. The number of fused-ring (bicyclic) bond motifs is 6. The zero-order chi connectivity index (χ0) is 70.8. The Morgan fingerprint density at radius 2 is 1.28 bits per heavy atom. The van der Waals surface area contributed by atoms with E-state index in [0.717, 1.165) is 48.1 Å². The van der Waals surface area contributed by atoms with Crippen LogP contribution in [0.4, 0.5) is 0 Å². The number of benzene rings is 1. The highest BCUT2D eigenvalue weighted by Crippen LogP contribution is 2.27. The number of nitrogens with zero attached hydrogens (tertiary/aromatic N) is 2. The lowest BCUT2D eigenvalue weighted by Gasteiger charge is -2.31. The molecule has 34 nitrogen and oxygen atoms in total. The lowest BCUT2D eigenvalue weighted by Crippen LogP contribution is -2.61. The number of aliphatic carboxylic acids is 1. The van der Waals surface area contributed by atoms with Crippen molar-refractivity contribution in [1.82, 2.24) is 68.7 Å². The number of hydrogen-bond donors (Lipinski definition) is 18. The summed E-state index contributed by atoms with van der Waals surface area (Å²) in [5, 5.41) is 62.5. The number of carboxylic acids is 1. The number of carbonyl (C=O) groups excluding carboxylic acids is 13. The number of carbonyl (C=O) groups is 14. The van der Waals surface area contributed by atoms with Crippen LogP contribution in [0.3, 0.4) is 0 Å². The average molecular weight is 1420 g/mol. The Labute approximate surface area is 570 Å². The number of amides is 13. The second-order valence-electron chi connectivity index (χ2n) is 24.0. The van der Waals surface area contributed by atoms with Crippen molar-refractivity contribution < 1.29 is 82.4 Å². The molecule has 38 heteroatoms. The molecule has 0 aromatic heterocycles. The summed E-state index contributed by atoms with van der Waals surface area (Å²) >= 11 is 0. The standard InChI is InChI=1S/C58H89N17O17S4/c1-28(2)20-35-50(84)71-38-25-94-93-24-37(48(82)64-22-43(79)66-36(21-30-10-12-31(76)13-11-30)51(85)67-32(49(83)69-35)8-5-6-17-59)70-53(87)39(72-54(88)45(29(3)4)74-44(80)23-63-47(81)33-14-15-42(78)65-33)26-95-96-27-40(57(91)92)73-55(89)46-41(77)16-19-75(46)56(90)34(68-52(38)86)9-7-18-62-58(60)61/h10-13,28-29,32-41,45-46,76-77H,5-9,14-27,59H2,1-4H3,(H,63,81)(H,64,82)(H,65,78)(H,66,79)(H,67,85)(H,68,86)(H,69,83)(H,70,87)(H,71,84)(H,72,88)(H,73,89)(H,74,80)(H,91,92)(H4,60,61,62)/t32-,33-,34-,35-,36-,37-,38-,39-,40-,41-,45-,46-/m0/s1. The topological polar surface area (TPSA) is 538 Å². The first kappa shape index (κ1) is 78.9. The Hall–Kier alpha value is -7.81. The smallest absolute Gasteiger partial charge is 0.327 e. The second-order valence-corrected chi connectivity index (χ2v) is 29.1. The van der Waals surface area contributed by atoms with Crippen LogP contribution in [0.5, 0.6) is 5.75 Å². The Balaban J connectivity index is 1.61. The van der Waals surface area contributed by atoms with Crippen LogP contribution in [0.25, 0.3) is 0 Å². The summed E-state index contributed by atoms with van der Waals surface area (Å²) < 4.78 is 0. The third-order valence-electron chi connectivity index (χ3n) is 15.5. The minimum Gasteiger partial charge on any atom is -0.508 e. The molecule has 96 heavy (non-hydrogen) atoms. The van der Waals surface area contributed by atoms with Crippen molar-refractivity contribution in [2.75, 3.05) is 55.7 Å². The molecule has 4 fully saturated rings. The summed E-state index contributed by atoms with van der Waals surface area (Å²) in [4.78, 5) is 201. The summed E-state index contributed by atoms with van der Waals surface area (Å²) in [6.45, 7) is 5.14. The first-order valence-corrected chi connectivity index (χ1v) is 36.3. The fourth-order valence-corrected chi connectivity index (χ4v) is 15.0. The highest BCUT2D eigenvalue weighted by Gasteiger charge is 2.45. The van der Waals surface area contributed by atoms with E-state index in [2.05, 4.69) is 68.8 Å². The van der Waals surface area contributed by atoms with Crippen LogP contribution in [0.1, 0.15) is 91.0 Å². The molecule has 2 bridgehead atoms. The number of phenols is 1. The van der Waals surface area contributed by atoms with Gasteiger partial charge in [-0.05, 0) is 87.4 Å². The molecule has 4 aliphatic rings. The molecule has 5 rings (SSSR count). The van der Waals surface area contributed by atoms with Gasteiger partial charge in [-0.2, -0.15) is 0 Å². The maximum absolute atomic E-state index is 14.9. The van der Waals surface area contributed by atoms with Crippen LogP contribution >= 0.6 is 43.2 Å². The van der Waals surface area contributed by atoms with Gasteiger partial charge in [0.15, 0.2) is 5.96 Å². The molecule has 12 atom stereocenters. The number of rotatable bonds is 20. The van der Waals surface area contributed by atoms with Gasteiger partial charge in [-0.25, -0.2) is 4.79 Å². The lowest BCUT2D eigenvalue weighted by molar-refractivity contribution is -0.146. The van der Waals surface area contributed by atoms with Gasteiger partial charge >= 0.3 is 5.97 Å². The van der Waals surface area contributed by atoms with Gasteiger partial charge in [-0.1, -0.05) is 83.0 Å². The Morgan fingerprint density at radius 1 is 0.667 bits per heavy atom. The molecule has 13 amide bonds. The molecule has 0 spiro atoms. The van der Waals surface area contributed by atoms with Gasteiger partial charge in [-0.3, -0.25) is 67.3 Å². The van der Waals surface area contributed by atoms with E-state index in [1.54, 1.807) is 27.7 Å². The summed E-state index contributed by atoms with van der Waals surface area (Å²) in [6.07, 6.45) is -1.08. The fraction of sp³-hybridized carbons (Fsp3) is 0.638. The van der Waals surface area contributed by atoms with Crippen LogP contribution in [-0.2, 0) is 73.5 Å². The van der Waals surface area contributed by atoms with Gasteiger partial charge in [0, 0.05) is 48.9 Å². The number of aliphatic hydroxyl groups is 1. The monoisotopic (exact) mass is 1420 g/mol. The van der Waals surface area contributed by atoms with Crippen LogP contribution in [0.15, 0.2) is 29.3 Å². The van der Waals surface area contributed by atoms with Crippen LogP contribution in [0.2, 0.25) is 0 Å². The highest BCUT2D eigenvalue weighted by molar-refractivity contribution is 8.77. The molecular formula is C58H89N17O17S4. The summed E-state index contributed by atoms with van der Waals surface area (Å²) in [6, 6.07) is -10.6. The molecule has 0 saturated carbocycles. The maximum atomic E-state index is 14.9. The number of carboxylic acid groups (broad SMARTS) is 1. The summed E-state index contributed by atoms with van der Waals surface area (Å²) in [7, 11) is 3.44. The van der Waals surface area contributed by atoms with Gasteiger partial charge in [0.05, 0.1) is 19.2 Å². The predicted molar refractivity (Wildman–Crippen MR) is 357 cm³/mol. The summed E-state index contributed by atoms with van der Waals surface area (Å²) in [5.74, 6) is -15.8. The molecule has 21 N–H and O–H groups in total. The molecule has 532 valence electrons. The van der Waals surface area contributed by atoms with E-state index in [-0.39, 0.29) is 106 Å². The molecule has 4 aliphatic heterocycles. The van der Waals surface area contributed by atoms with E-state index in [0.29, 0.717) is 18.4 Å². The number of unbranched alkanes of at least 4 members (excludes halogenated alkanes) is 1. The zero-order valence-electron chi connectivity index (χ0n) is 53.6. The average Bonchev–Trinajstić information content (AvgIpc) is 1.63. The number of nitrogens with two attached hydrogens (primary N) is 3. The molecule has 4 heterocycles. The van der Waals surface area contributed by atoms with Gasteiger partial charge in [0.2, 0.25) is 76.8 Å². The summed E-state index contributed by atoms with van der Waals surface area (Å²) in [5.41, 5.74) is 17.4. The first-order valence-electron chi connectivity index (χ1n) is 31.3. The highest BCUT2D eigenvalue weighted by atomic mass is 33.1. The fourth-order valence-electron chi connectivity index (χ4n) is 10.3. The van der Waals surface area contributed by atoms with Crippen LogP contribution in [0, 0.1) is 11.8 Å². The SMILES string of the molecule is CC(C)C[C@@H]1NC(=O)[C@H](CCCCN)NC(=O)[C@H](Cc2ccc(O)cc2)NC(=O)CNC(=O)[C@@H]2CSSC[C@H](NC1=O)C(=O)N[C@@H](CCCN=C(N)N)C(=O)N1CC[C@H](O)[C@H]1C(=O)N[C@H](C(=O)O)CSSC[C@H](NC(=O)[C@@H](NC(=O)CNC(=O)[C@@H]1CCC(=O)N1)C(C)C)C(=O)N2. The number of phenolic OH excluding ortho intramolecular Hbond substituents is 1. The zero-order valence-corrected chi connectivity index (χ0v) is 56.9. The van der Waals surface area contributed by atoms with Crippen LogP contribution < -0.4 is 81.0 Å². The normalized spacial score (nSPS) is 26.2. The van der Waals surface area contributed by atoms with Gasteiger partial charge in [-0.15, -0.1) is 0 Å². The van der Waals surface area contributed by atoms with Crippen molar-refractivity contribution in [3.63, 3.8) is 0 Å². The van der Waals surface area contributed by atoms with E-state index >= 15 is 0 Å². The minimum absolute atomic E-state index is 0.00997. The number of hydrogen-bond acceptors (Lipinski definition) is 22. The molecular weight excluding hydrogens is 1340 g/mol. The third-order valence-corrected chi connectivity index (χ3v) is 20.3. The largest absolute Gasteiger partial charge is 0.508 e. The number of nitrogens with one attached hydrogen (secondary N) is 12. The van der Waals surface area contributed by atoms with Crippen molar-refractivity contribution in [2.24, 2.45) is 34.0 Å². The Kier molecular flexibility index (Phi) is 32.4. The number of guanidine groups is 1. The second kappa shape index (κ2) is 39.4.